The number of benzene rings is 6. The van der Waals surface area contributed by atoms with Crippen molar-refractivity contribution in [2.75, 3.05) is 9.80 Å². The Morgan fingerprint density at radius 3 is 1.16 bits per heavy atom. The van der Waals surface area contributed by atoms with Crippen molar-refractivity contribution in [2.45, 2.75) is 6.92 Å². The van der Waals surface area contributed by atoms with Crippen LogP contribution in [0.3, 0.4) is 0 Å². The second kappa shape index (κ2) is 12.7. The molecule has 0 fully saturated rings. The number of hydrogen-bond acceptors (Lipinski definition) is 2. The fourth-order valence-corrected chi connectivity index (χ4v) is 5.15. The summed E-state index contributed by atoms with van der Waals surface area (Å²) in [5, 5.41) is 0. The lowest BCUT2D eigenvalue weighted by molar-refractivity contribution is 1.27. The molecule has 0 N–H and O–H groups in total. The largest absolute Gasteiger partial charge is 0.311 e. The molecule has 0 unspecified atom stereocenters. The maximum atomic E-state index is 5.30. The van der Waals surface area contributed by atoms with Gasteiger partial charge in [0, 0.05) is 39.7 Å². The molecule has 0 spiro atoms. The molecule has 43 heavy (non-hydrogen) atoms. The Morgan fingerprint density at radius 2 is 0.767 bits per heavy atom. The van der Waals surface area contributed by atoms with Gasteiger partial charge in [0.2, 0.25) is 0 Å². The van der Waals surface area contributed by atoms with Gasteiger partial charge in [0.25, 0.3) is 0 Å². The first-order valence-corrected chi connectivity index (χ1v) is 14.2. The number of nitrogens with zero attached hydrogens (tertiary/aromatic N) is 2. The smallest absolute Gasteiger partial charge is 0.0462 e. The minimum absolute atomic E-state index is 0.890. The van der Waals surface area contributed by atoms with E-state index in [0.29, 0.717) is 0 Å². The van der Waals surface area contributed by atoms with Crippen LogP contribution in [0.5, 0.6) is 0 Å². The predicted octanol–water partition coefficient (Wildman–Crippen LogP) is 10.6. The molecule has 0 aliphatic carbocycles. The van der Waals surface area contributed by atoms with E-state index in [-0.39, 0.29) is 0 Å². The standard InChI is InChI=1S/C41H30N2/c1-3-4-11-33-18-26-39(27-19-33)43(37-14-9-6-10-15-37)41-30-22-35(23-31-41)34-20-28-40(29-21-34)42(36-12-7-5-8-13-36)38-24-16-32(2)17-25-38/h1,5-10,12-31H,2H3. The summed E-state index contributed by atoms with van der Waals surface area (Å²) in [6, 6.07) is 55.1. The molecule has 2 heteroatoms. The average Bonchev–Trinajstić information content (AvgIpc) is 3.07. The zero-order valence-corrected chi connectivity index (χ0v) is 24.0. The second-order valence-electron chi connectivity index (χ2n) is 10.2. The molecule has 2 nitrogen and oxygen atoms in total. The third kappa shape index (κ3) is 6.20. The lowest BCUT2D eigenvalue weighted by Gasteiger charge is -2.26. The summed E-state index contributed by atoms with van der Waals surface area (Å²) in [5.41, 5.74) is 11.0. The van der Waals surface area contributed by atoms with Crippen LogP contribution in [-0.2, 0) is 0 Å². The lowest BCUT2D eigenvalue weighted by Crippen LogP contribution is -2.10. The molecule has 0 bridgehead atoms. The number of para-hydroxylation sites is 2. The quantitative estimate of drug-likeness (QED) is 0.182. The van der Waals surface area contributed by atoms with Crippen molar-refractivity contribution >= 4 is 34.1 Å². The van der Waals surface area contributed by atoms with E-state index in [4.69, 9.17) is 6.42 Å². The van der Waals surface area contributed by atoms with E-state index in [1.807, 2.05) is 24.3 Å². The zero-order chi connectivity index (χ0) is 29.4. The van der Waals surface area contributed by atoms with Crippen molar-refractivity contribution in [3.05, 3.63) is 169 Å². The highest BCUT2D eigenvalue weighted by molar-refractivity contribution is 5.80. The molecule has 0 atom stereocenters. The Hall–Kier alpha value is -5.96. The van der Waals surface area contributed by atoms with E-state index in [1.165, 1.54) is 5.56 Å². The Kier molecular flexibility index (Phi) is 8.04. The molecule has 0 amide bonds. The predicted molar refractivity (Wildman–Crippen MR) is 182 cm³/mol. The highest BCUT2D eigenvalue weighted by atomic mass is 15.1. The van der Waals surface area contributed by atoms with E-state index < -0.39 is 0 Å². The van der Waals surface area contributed by atoms with Gasteiger partial charge in [0.05, 0.1) is 0 Å². The molecule has 6 aromatic rings. The van der Waals surface area contributed by atoms with Gasteiger partial charge < -0.3 is 9.80 Å². The van der Waals surface area contributed by atoms with Gasteiger partial charge >= 0.3 is 0 Å². The van der Waals surface area contributed by atoms with E-state index in [9.17, 15) is 0 Å². The Bertz CT molecular complexity index is 1890. The highest BCUT2D eigenvalue weighted by Gasteiger charge is 2.14. The zero-order valence-electron chi connectivity index (χ0n) is 24.0. The number of anilines is 6. The first-order chi connectivity index (χ1) is 21.2. The van der Waals surface area contributed by atoms with E-state index in [1.54, 1.807) is 0 Å². The van der Waals surface area contributed by atoms with Crippen molar-refractivity contribution in [3.8, 4) is 35.3 Å². The molecule has 0 aliphatic heterocycles. The monoisotopic (exact) mass is 550 g/mol. The number of aryl methyl sites for hydroxylation is 1. The Labute approximate surface area is 254 Å². The first-order valence-electron chi connectivity index (χ1n) is 14.2. The van der Waals surface area contributed by atoms with Crippen molar-refractivity contribution in [2.24, 2.45) is 0 Å². The third-order valence-corrected chi connectivity index (χ3v) is 7.31. The lowest BCUT2D eigenvalue weighted by atomic mass is 10.0. The molecule has 0 aliphatic rings. The van der Waals surface area contributed by atoms with Crippen LogP contribution in [0.2, 0.25) is 0 Å². The average molecular weight is 551 g/mol. The van der Waals surface area contributed by atoms with Crippen molar-refractivity contribution in [1.82, 2.24) is 0 Å². The maximum Gasteiger partial charge on any atom is 0.0462 e. The van der Waals surface area contributed by atoms with Gasteiger partial charge in [-0.15, -0.1) is 6.42 Å². The van der Waals surface area contributed by atoms with Gasteiger partial charge in [-0.25, -0.2) is 0 Å². The van der Waals surface area contributed by atoms with Crippen LogP contribution < -0.4 is 9.80 Å². The summed E-state index contributed by atoms with van der Waals surface area (Å²) in [4.78, 5) is 4.53. The molecule has 204 valence electrons. The minimum Gasteiger partial charge on any atom is -0.311 e. The minimum atomic E-state index is 0.890. The maximum absolute atomic E-state index is 5.30. The molecule has 0 saturated carbocycles. The van der Waals surface area contributed by atoms with Crippen LogP contribution in [0.4, 0.5) is 34.1 Å². The topological polar surface area (TPSA) is 6.48 Å². The van der Waals surface area contributed by atoms with Crippen LogP contribution in [0.15, 0.2) is 158 Å². The van der Waals surface area contributed by atoms with Gasteiger partial charge in [-0.05, 0) is 115 Å². The van der Waals surface area contributed by atoms with Crippen molar-refractivity contribution in [3.63, 3.8) is 0 Å². The first kappa shape index (κ1) is 27.2. The fourth-order valence-electron chi connectivity index (χ4n) is 5.15. The Morgan fingerprint density at radius 1 is 0.419 bits per heavy atom. The number of terminal acetylenes is 1. The highest BCUT2D eigenvalue weighted by Crippen LogP contribution is 2.37. The number of hydrogen-bond donors (Lipinski definition) is 0. The van der Waals surface area contributed by atoms with Gasteiger partial charge in [-0.3, -0.25) is 0 Å². The van der Waals surface area contributed by atoms with Crippen LogP contribution in [0, 0.1) is 31.1 Å². The fraction of sp³-hybridized carbons (Fsp3) is 0.0244. The van der Waals surface area contributed by atoms with Crippen LogP contribution in [0.1, 0.15) is 11.1 Å². The summed E-state index contributed by atoms with van der Waals surface area (Å²) in [6.07, 6.45) is 5.30. The normalized spacial score (nSPS) is 10.2. The molecule has 0 heterocycles. The van der Waals surface area contributed by atoms with Crippen LogP contribution in [0.25, 0.3) is 11.1 Å². The SMILES string of the molecule is C#CC#Cc1ccc(N(c2ccccc2)c2ccc(-c3ccc(N(c4ccccc4)c4ccc(C)cc4)cc3)cc2)cc1. The van der Waals surface area contributed by atoms with Crippen LogP contribution in [-0.4, -0.2) is 0 Å². The summed E-state index contributed by atoms with van der Waals surface area (Å²) in [6.45, 7) is 2.11. The molecule has 0 saturated heterocycles. The summed E-state index contributed by atoms with van der Waals surface area (Å²) in [7, 11) is 0. The molecular weight excluding hydrogens is 520 g/mol. The van der Waals surface area contributed by atoms with Gasteiger partial charge in [0.15, 0.2) is 0 Å². The molecule has 0 radical (unpaired) electrons. The molecular formula is C41H30N2. The molecule has 6 rings (SSSR count). The van der Waals surface area contributed by atoms with Gasteiger partial charge in [0.1, 0.15) is 0 Å². The van der Waals surface area contributed by atoms with E-state index >= 15 is 0 Å². The summed E-state index contributed by atoms with van der Waals surface area (Å²) < 4.78 is 0. The van der Waals surface area contributed by atoms with Crippen molar-refractivity contribution in [1.29, 1.82) is 0 Å². The summed E-state index contributed by atoms with van der Waals surface area (Å²) >= 11 is 0. The number of rotatable bonds is 7. The summed E-state index contributed by atoms with van der Waals surface area (Å²) in [5.74, 6) is 8.05. The van der Waals surface area contributed by atoms with Crippen molar-refractivity contribution < 1.29 is 0 Å². The van der Waals surface area contributed by atoms with Gasteiger partial charge in [-0.1, -0.05) is 84.3 Å². The third-order valence-electron chi connectivity index (χ3n) is 7.31. The molecule has 6 aromatic carbocycles. The molecule has 0 aromatic heterocycles. The van der Waals surface area contributed by atoms with E-state index in [0.717, 1.165) is 50.8 Å². The van der Waals surface area contributed by atoms with Gasteiger partial charge in [-0.2, -0.15) is 0 Å². The Balaban J connectivity index is 1.30. The second-order valence-corrected chi connectivity index (χ2v) is 10.2. The van der Waals surface area contributed by atoms with Crippen LogP contribution >= 0.6 is 0 Å². The van der Waals surface area contributed by atoms with E-state index in [2.05, 4.69) is 168 Å².